The Bertz CT molecular complexity index is 400. The third-order valence-corrected chi connectivity index (χ3v) is 3.87. The van der Waals surface area contributed by atoms with E-state index in [1.807, 2.05) is 6.07 Å². The van der Waals surface area contributed by atoms with Crippen LogP contribution < -0.4 is 10.2 Å². The van der Waals surface area contributed by atoms with Gasteiger partial charge in [-0.25, -0.2) is 4.39 Å². The molecule has 1 aromatic rings. The van der Waals surface area contributed by atoms with E-state index in [-0.39, 0.29) is 11.9 Å². The molecule has 0 spiro atoms. The number of halogens is 1. The molecule has 1 saturated heterocycles. The minimum Gasteiger partial charge on any atom is -0.369 e. The Morgan fingerprint density at radius 2 is 2.00 bits per heavy atom. The number of piperidine rings is 1. The predicted molar refractivity (Wildman–Crippen MR) is 79.2 cm³/mol. The summed E-state index contributed by atoms with van der Waals surface area (Å²) < 4.78 is 14.2. The third kappa shape index (κ3) is 3.69. The van der Waals surface area contributed by atoms with E-state index in [1.165, 1.54) is 19.3 Å². The lowest BCUT2D eigenvalue weighted by Crippen LogP contribution is -2.30. The molecular weight excluding hydrogens is 239 g/mol. The third-order valence-electron chi connectivity index (χ3n) is 3.87. The van der Waals surface area contributed by atoms with Crippen LogP contribution in [-0.4, -0.2) is 19.6 Å². The number of nitrogens with one attached hydrogen (secondary N) is 1. The van der Waals surface area contributed by atoms with Gasteiger partial charge in [-0.15, -0.1) is 0 Å². The fourth-order valence-corrected chi connectivity index (χ4v) is 2.66. The molecule has 19 heavy (non-hydrogen) atoms. The molecule has 1 unspecified atom stereocenters. The number of hydrogen-bond donors (Lipinski definition) is 1. The van der Waals surface area contributed by atoms with Crippen LogP contribution in [0.25, 0.3) is 0 Å². The fraction of sp³-hybridized carbons (Fsp3) is 0.625. The summed E-state index contributed by atoms with van der Waals surface area (Å²) in [5, 5.41) is 3.39. The van der Waals surface area contributed by atoms with E-state index in [0.717, 1.165) is 37.3 Å². The second kappa shape index (κ2) is 6.90. The highest BCUT2D eigenvalue weighted by atomic mass is 19.1. The van der Waals surface area contributed by atoms with Gasteiger partial charge in [0.05, 0.1) is 5.69 Å². The van der Waals surface area contributed by atoms with Crippen LogP contribution in [-0.2, 0) is 0 Å². The van der Waals surface area contributed by atoms with Gasteiger partial charge in [0.15, 0.2) is 0 Å². The van der Waals surface area contributed by atoms with Gasteiger partial charge in [-0.05, 0) is 56.8 Å². The monoisotopic (exact) mass is 264 g/mol. The van der Waals surface area contributed by atoms with Crippen molar-refractivity contribution in [3.63, 3.8) is 0 Å². The first-order valence-corrected chi connectivity index (χ1v) is 7.50. The molecule has 1 fully saturated rings. The minimum atomic E-state index is -0.0791. The van der Waals surface area contributed by atoms with Crippen LogP contribution in [0.4, 0.5) is 10.1 Å². The summed E-state index contributed by atoms with van der Waals surface area (Å²) in [4.78, 5) is 2.17. The quantitative estimate of drug-likeness (QED) is 0.868. The Morgan fingerprint density at radius 1 is 1.26 bits per heavy atom. The van der Waals surface area contributed by atoms with E-state index in [0.29, 0.717) is 0 Å². The molecule has 0 saturated carbocycles. The lowest BCUT2D eigenvalue weighted by Gasteiger charge is -2.29. The number of nitrogens with zero attached hydrogens (tertiary/aromatic N) is 1. The molecule has 2 rings (SSSR count). The van der Waals surface area contributed by atoms with Crippen LogP contribution in [0.15, 0.2) is 18.2 Å². The van der Waals surface area contributed by atoms with Crippen molar-refractivity contribution in [1.29, 1.82) is 0 Å². The number of rotatable bonds is 5. The summed E-state index contributed by atoms with van der Waals surface area (Å²) >= 11 is 0. The maximum atomic E-state index is 14.2. The van der Waals surface area contributed by atoms with Gasteiger partial charge < -0.3 is 10.2 Å². The number of hydrogen-bond acceptors (Lipinski definition) is 2. The first-order chi connectivity index (χ1) is 9.22. The minimum absolute atomic E-state index is 0.0791. The smallest absolute Gasteiger partial charge is 0.146 e. The van der Waals surface area contributed by atoms with E-state index in [4.69, 9.17) is 0 Å². The molecule has 2 nitrogen and oxygen atoms in total. The van der Waals surface area contributed by atoms with Crippen LogP contribution in [0.1, 0.15) is 51.1 Å². The van der Waals surface area contributed by atoms with Gasteiger partial charge in [-0.2, -0.15) is 0 Å². The van der Waals surface area contributed by atoms with Gasteiger partial charge in [0.25, 0.3) is 0 Å². The van der Waals surface area contributed by atoms with E-state index in [9.17, 15) is 4.39 Å². The van der Waals surface area contributed by atoms with Gasteiger partial charge in [-0.1, -0.05) is 13.0 Å². The Kier molecular flexibility index (Phi) is 5.20. The molecule has 0 amide bonds. The second-order valence-corrected chi connectivity index (χ2v) is 5.43. The van der Waals surface area contributed by atoms with Crippen molar-refractivity contribution >= 4 is 5.69 Å². The second-order valence-electron chi connectivity index (χ2n) is 5.43. The van der Waals surface area contributed by atoms with Crippen LogP contribution in [0, 0.1) is 5.82 Å². The van der Waals surface area contributed by atoms with E-state index in [2.05, 4.69) is 30.1 Å². The van der Waals surface area contributed by atoms with E-state index < -0.39 is 0 Å². The summed E-state index contributed by atoms with van der Waals surface area (Å²) in [5.41, 5.74) is 1.80. The lowest BCUT2D eigenvalue weighted by molar-refractivity contribution is 0.547. The van der Waals surface area contributed by atoms with Gasteiger partial charge in [0.1, 0.15) is 5.82 Å². The van der Waals surface area contributed by atoms with Crippen LogP contribution >= 0.6 is 0 Å². The van der Waals surface area contributed by atoms with Crippen molar-refractivity contribution < 1.29 is 4.39 Å². The van der Waals surface area contributed by atoms with Crippen molar-refractivity contribution in [3.05, 3.63) is 29.6 Å². The average Bonchev–Trinajstić information content (AvgIpc) is 2.45. The summed E-state index contributed by atoms with van der Waals surface area (Å²) in [6.45, 7) is 7.17. The molecule has 1 aromatic carbocycles. The zero-order valence-electron chi connectivity index (χ0n) is 12.1. The molecule has 0 bridgehead atoms. The Morgan fingerprint density at radius 3 is 2.63 bits per heavy atom. The zero-order chi connectivity index (χ0) is 13.7. The van der Waals surface area contributed by atoms with E-state index >= 15 is 0 Å². The molecule has 1 aliphatic rings. The SMILES string of the molecule is CCCNC(C)c1ccc(N2CCCCC2)c(F)c1. The van der Waals surface area contributed by atoms with Crippen molar-refractivity contribution in [2.45, 2.75) is 45.6 Å². The number of anilines is 1. The molecule has 0 aliphatic carbocycles. The molecule has 1 atom stereocenters. The van der Waals surface area contributed by atoms with Crippen LogP contribution in [0.2, 0.25) is 0 Å². The molecule has 1 N–H and O–H groups in total. The molecule has 0 radical (unpaired) electrons. The molecule has 1 aliphatic heterocycles. The standard InChI is InChI=1S/C16H25FN2/c1-3-9-18-13(2)14-7-8-16(15(17)12-14)19-10-5-4-6-11-19/h7-8,12-13,18H,3-6,9-11H2,1-2H3. The summed E-state index contributed by atoms with van der Waals surface area (Å²) in [6, 6.07) is 5.91. The summed E-state index contributed by atoms with van der Waals surface area (Å²) in [7, 11) is 0. The van der Waals surface area contributed by atoms with Crippen molar-refractivity contribution in [2.24, 2.45) is 0 Å². The maximum absolute atomic E-state index is 14.2. The van der Waals surface area contributed by atoms with Crippen molar-refractivity contribution in [3.8, 4) is 0 Å². The highest BCUT2D eigenvalue weighted by Crippen LogP contribution is 2.26. The fourth-order valence-electron chi connectivity index (χ4n) is 2.66. The maximum Gasteiger partial charge on any atom is 0.146 e. The van der Waals surface area contributed by atoms with Crippen molar-refractivity contribution in [1.82, 2.24) is 5.32 Å². The molecular formula is C16H25FN2. The Labute approximate surface area is 116 Å². The van der Waals surface area contributed by atoms with Crippen molar-refractivity contribution in [2.75, 3.05) is 24.5 Å². The molecule has 3 heteroatoms. The summed E-state index contributed by atoms with van der Waals surface area (Å²) in [5.74, 6) is -0.0791. The average molecular weight is 264 g/mol. The summed E-state index contributed by atoms with van der Waals surface area (Å²) in [6.07, 6.45) is 4.72. The number of benzene rings is 1. The Balaban J connectivity index is 2.07. The topological polar surface area (TPSA) is 15.3 Å². The Hall–Kier alpha value is -1.09. The molecule has 1 heterocycles. The zero-order valence-corrected chi connectivity index (χ0v) is 12.1. The predicted octanol–water partition coefficient (Wildman–Crippen LogP) is 3.88. The lowest BCUT2D eigenvalue weighted by atomic mass is 10.1. The molecule has 0 aromatic heterocycles. The highest BCUT2D eigenvalue weighted by Gasteiger charge is 2.16. The first kappa shape index (κ1) is 14.3. The van der Waals surface area contributed by atoms with Gasteiger partial charge in [0, 0.05) is 19.1 Å². The molecule has 106 valence electrons. The van der Waals surface area contributed by atoms with Gasteiger partial charge in [0.2, 0.25) is 0 Å². The normalized spacial score (nSPS) is 17.5. The largest absolute Gasteiger partial charge is 0.369 e. The van der Waals surface area contributed by atoms with Gasteiger partial charge >= 0.3 is 0 Å². The van der Waals surface area contributed by atoms with Gasteiger partial charge in [-0.3, -0.25) is 0 Å². The van der Waals surface area contributed by atoms with E-state index in [1.54, 1.807) is 6.07 Å². The van der Waals surface area contributed by atoms with Crippen LogP contribution in [0.5, 0.6) is 0 Å². The first-order valence-electron chi connectivity index (χ1n) is 7.50. The highest BCUT2D eigenvalue weighted by molar-refractivity contribution is 5.49. The van der Waals surface area contributed by atoms with Crippen LogP contribution in [0.3, 0.4) is 0 Å².